The van der Waals surface area contributed by atoms with Crippen LogP contribution in [-0.4, -0.2) is 12.8 Å². The predicted octanol–water partition coefficient (Wildman–Crippen LogP) is 3.61. The summed E-state index contributed by atoms with van der Waals surface area (Å²) in [5.74, 6) is -0.241. The highest BCUT2D eigenvalue weighted by atomic mass is 31.2. The highest BCUT2D eigenvalue weighted by Crippen LogP contribution is 2.61. The normalized spacial score (nSPS) is 13.6. The molecule has 0 saturated carbocycles. The number of hydrogen-bond acceptors (Lipinski definition) is 2. The molecular formula is C24H25O2P. The summed E-state index contributed by atoms with van der Waals surface area (Å²) in [4.78, 5) is 0. The first-order chi connectivity index (χ1) is 13.1. The summed E-state index contributed by atoms with van der Waals surface area (Å²) in [6, 6.07) is 31.7. The van der Waals surface area contributed by atoms with Crippen molar-refractivity contribution in [1.82, 2.24) is 0 Å². The average molecular weight is 376 g/mol. The van der Waals surface area contributed by atoms with Crippen LogP contribution < -0.4 is 21.0 Å². The van der Waals surface area contributed by atoms with Gasteiger partial charge in [0.15, 0.2) is 0 Å². The molecule has 1 atom stereocenters. The third kappa shape index (κ3) is 3.50. The Hall–Kier alpha value is -2.57. The molecule has 138 valence electrons. The van der Waals surface area contributed by atoms with Crippen molar-refractivity contribution in [2.24, 2.45) is 0 Å². The van der Waals surface area contributed by atoms with Crippen molar-refractivity contribution >= 4 is 23.2 Å². The smallest absolute Gasteiger partial charge is 0.119 e. The van der Waals surface area contributed by atoms with E-state index < -0.39 is 7.26 Å². The van der Waals surface area contributed by atoms with E-state index >= 15 is 0 Å². The fraction of sp³-hybridized carbons (Fsp3) is 0.167. The Kier molecular flexibility index (Phi) is 5.98. The Morgan fingerprint density at radius 2 is 1.07 bits per heavy atom. The van der Waals surface area contributed by atoms with E-state index in [1.165, 1.54) is 23.0 Å². The first-order valence-electron chi connectivity index (χ1n) is 9.09. The van der Waals surface area contributed by atoms with Crippen molar-refractivity contribution < 1.29 is 9.84 Å². The average Bonchev–Trinajstić information content (AvgIpc) is 2.75. The van der Waals surface area contributed by atoms with Gasteiger partial charge in [0.1, 0.15) is 28.8 Å². The monoisotopic (exact) mass is 376 g/mol. The number of hydrogen-bond donors (Lipinski definition) is 0. The fourth-order valence-corrected chi connectivity index (χ4v) is 8.58. The van der Waals surface area contributed by atoms with Gasteiger partial charge in [0.05, 0.1) is 5.95 Å². The van der Waals surface area contributed by atoms with Gasteiger partial charge in [-0.25, -0.2) is 0 Å². The quantitative estimate of drug-likeness (QED) is 0.486. The van der Waals surface area contributed by atoms with E-state index in [1.54, 1.807) is 0 Å². The molecule has 0 spiro atoms. The van der Waals surface area contributed by atoms with Gasteiger partial charge in [0, 0.05) is 0 Å². The molecule has 0 aliphatic rings. The lowest BCUT2D eigenvalue weighted by Crippen LogP contribution is -2.39. The Morgan fingerprint density at radius 1 is 0.741 bits per heavy atom. The van der Waals surface area contributed by atoms with Crippen LogP contribution in [0.2, 0.25) is 0 Å². The van der Waals surface area contributed by atoms with Crippen LogP contribution in [0.25, 0.3) is 0 Å². The SMILES string of the molecule is CO/C([O-])=C(\C)C(C)[P+](c1ccccc1)(c1ccccc1)c1ccccc1. The summed E-state index contributed by atoms with van der Waals surface area (Å²) >= 11 is 0. The van der Waals surface area contributed by atoms with Gasteiger partial charge in [-0.1, -0.05) is 54.6 Å². The van der Waals surface area contributed by atoms with E-state index in [-0.39, 0.29) is 11.6 Å². The molecular weight excluding hydrogens is 351 g/mol. The van der Waals surface area contributed by atoms with E-state index in [4.69, 9.17) is 4.74 Å². The van der Waals surface area contributed by atoms with Gasteiger partial charge in [-0.05, 0) is 62.9 Å². The van der Waals surface area contributed by atoms with Gasteiger partial charge in [-0.15, -0.1) is 0 Å². The molecule has 1 unspecified atom stereocenters. The van der Waals surface area contributed by atoms with Crippen molar-refractivity contribution in [1.29, 1.82) is 0 Å². The standard InChI is InChI=1S/C24H25O2P/c1-19(24(25)26-3)20(2)27(21-13-7-4-8-14-21,22-15-9-5-10-16-22)23-17-11-6-12-18-23/h4-18,20H,1-3H3/b24-19+. The van der Waals surface area contributed by atoms with E-state index in [0.717, 1.165) is 5.57 Å². The van der Waals surface area contributed by atoms with Gasteiger partial charge in [-0.2, -0.15) is 0 Å². The molecule has 3 rings (SSSR count). The molecule has 3 aromatic carbocycles. The molecule has 0 heterocycles. The summed E-state index contributed by atoms with van der Waals surface area (Å²) in [6.07, 6.45) is 0. The van der Waals surface area contributed by atoms with Crippen LogP contribution in [0.3, 0.4) is 0 Å². The zero-order chi connectivity index (χ0) is 19.3. The predicted molar refractivity (Wildman–Crippen MR) is 114 cm³/mol. The maximum absolute atomic E-state index is 12.5. The summed E-state index contributed by atoms with van der Waals surface area (Å²) in [5.41, 5.74) is 0.763. The minimum atomic E-state index is -2.11. The Balaban J connectivity index is 2.40. The zero-order valence-electron chi connectivity index (χ0n) is 16.0. The number of benzene rings is 3. The molecule has 2 nitrogen and oxygen atoms in total. The lowest BCUT2D eigenvalue weighted by Gasteiger charge is -2.34. The first-order valence-corrected chi connectivity index (χ1v) is 11.0. The molecule has 27 heavy (non-hydrogen) atoms. The molecule has 0 amide bonds. The molecule has 0 radical (unpaired) electrons. The second-order valence-electron chi connectivity index (χ2n) is 6.58. The van der Waals surface area contributed by atoms with Crippen molar-refractivity contribution in [3.63, 3.8) is 0 Å². The van der Waals surface area contributed by atoms with Crippen molar-refractivity contribution in [3.05, 3.63) is 103 Å². The molecule has 3 aromatic rings. The van der Waals surface area contributed by atoms with Crippen LogP contribution in [0.4, 0.5) is 0 Å². The molecule has 0 N–H and O–H groups in total. The van der Waals surface area contributed by atoms with Crippen LogP contribution >= 0.6 is 7.26 Å². The van der Waals surface area contributed by atoms with E-state index in [1.807, 2.05) is 25.1 Å². The van der Waals surface area contributed by atoms with E-state index in [2.05, 4.69) is 79.7 Å². The number of methoxy groups -OCH3 is 1. The lowest BCUT2D eigenvalue weighted by atomic mass is 10.2. The minimum absolute atomic E-state index is 0.0112. The zero-order valence-corrected chi connectivity index (χ0v) is 16.9. The molecule has 3 heteroatoms. The third-order valence-electron chi connectivity index (χ3n) is 5.21. The molecule has 0 aliphatic heterocycles. The topological polar surface area (TPSA) is 32.3 Å². The fourth-order valence-electron chi connectivity index (χ4n) is 3.73. The van der Waals surface area contributed by atoms with Gasteiger partial charge >= 0.3 is 0 Å². The highest BCUT2D eigenvalue weighted by Gasteiger charge is 2.51. The molecule has 0 fully saturated rings. The van der Waals surface area contributed by atoms with Crippen LogP contribution in [0, 0.1) is 0 Å². The Bertz CT molecular complexity index is 793. The van der Waals surface area contributed by atoms with Crippen molar-refractivity contribution in [3.8, 4) is 0 Å². The van der Waals surface area contributed by atoms with Crippen molar-refractivity contribution in [2.75, 3.05) is 7.11 Å². The van der Waals surface area contributed by atoms with Crippen molar-refractivity contribution in [2.45, 2.75) is 19.5 Å². The Labute approximate surface area is 162 Å². The van der Waals surface area contributed by atoms with Crippen LogP contribution in [0.5, 0.6) is 0 Å². The summed E-state index contributed by atoms with van der Waals surface area (Å²) in [7, 11) is -0.655. The van der Waals surface area contributed by atoms with Gasteiger partial charge in [0.2, 0.25) is 0 Å². The summed E-state index contributed by atoms with van der Waals surface area (Å²) in [6.45, 7) is 4.06. The van der Waals surface area contributed by atoms with Crippen LogP contribution in [0.1, 0.15) is 13.8 Å². The van der Waals surface area contributed by atoms with Crippen LogP contribution in [0.15, 0.2) is 103 Å². The maximum Gasteiger partial charge on any atom is 0.119 e. The van der Waals surface area contributed by atoms with E-state index in [9.17, 15) is 5.11 Å². The second kappa shape index (κ2) is 8.41. The van der Waals surface area contributed by atoms with Gasteiger partial charge in [0.25, 0.3) is 0 Å². The van der Waals surface area contributed by atoms with Gasteiger partial charge < -0.3 is 9.84 Å². The molecule has 0 aliphatic carbocycles. The number of ether oxygens (including phenoxy) is 1. The number of allylic oxidation sites excluding steroid dienone is 1. The largest absolute Gasteiger partial charge is 0.616 e. The molecule has 0 saturated heterocycles. The molecule has 0 bridgehead atoms. The third-order valence-corrected chi connectivity index (χ3v) is 10.1. The summed E-state index contributed by atoms with van der Waals surface area (Å²) < 4.78 is 5.08. The lowest BCUT2D eigenvalue weighted by molar-refractivity contribution is -0.355. The Morgan fingerprint density at radius 3 is 1.37 bits per heavy atom. The van der Waals surface area contributed by atoms with Crippen LogP contribution in [-0.2, 0) is 4.74 Å². The van der Waals surface area contributed by atoms with E-state index in [0.29, 0.717) is 0 Å². The number of rotatable bonds is 6. The second-order valence-corrected chi connectivity index (χ2v) is 10.3. The summed E-state index contributed by atoms with van der Waals surface area (Å²) in [5, 5.41) is 16.2. The maximum atomic E-state index is 12.5. The molecule has 0 aromatic heterocycles. The minimum Gasteiger partial charge on any atom is -0.616 e. The highest BCUT2D eigenvalue weighted by molar-refractivity contribution is 7.96. The first kappa shape index (κ1) is 19.2. The van der Waals surface area contributed by atoms with Gasteiger partial charge in [-0.3, -0.25) is 0 Å².